The fraction of sp³-hybridized carbons (Fsp3) is 0.708. The molecule has 0 fully saturated rings. The van der Waals surface area contributed by atoms with Crippen molar-refractivity contribution in [3.8, 4) is 0 Å². The van der Waals surface area contributed by atoms with Crippen molar-refractivity contribution in [3.63, 3.8) is 0 Å². The number of nitrogens with one attached hydrogen (secondary N) is 1. The molecule has 0 aliphatic heterocycles. The number of unbranched alkanes of at least 4 members (excludes halogenated alkanes) is 14. The molecule has 0 aliphatic rings. The molecule has 0 atom stereocenters. The summed E-state index contributed by atoms with van der Waals surface area (Å²) in [6.45, 7) is 2.93. The first-order valence-corrected chi connectivity index (χ1v) is 11.7. The summed E-state index contributed by atoms with van der Waals surface area (Å²) in [5.74, 6) is -0.162. The van der Waals surface area contributed by atoms with Crippen LogP contribution in [0.25, 0.3) is 0 Å². The van der Waals surface area contributed by atoms with Crippen molar-refractivity contribution in [1.82, 2.24) is 5.32 Å². The number of hydrogen-bond donors (Lipinski definition) is 1. The third-order valence-electron chi connectivity index (χ3n) is 5.41. The minimum absolute atomic E-state index is 0.00367. The van der Waals surface area contributed by atoms with Crippen molar-refractivity contribution in [3.05, 3.63) is 39.9 Å². The molecule has 0 aliphatic carbocycles. The first-order valence-electron chi connectivity index (χ1n) is 11.7. The predicted molar refractivity (Wildman–Crippen MR) is 120 cm³/mol. The van der Waals surface area contributed by atoms with Crippen LogP contribution in [-0.2, 0) is 0 Å². The van der Waals surface area contributed by atoms with Crippen molar-refractivity contribution in [2.24, 2.45) is 0 Å². The number of hydrogen-bond acceptors (Lipinski definition) is 3. The Morgan fingerprint density at radius 2 is 1.17 bits per heavy atom. The highest BCUT2D eigenvalue weighted by Crippen LogP contribution is 2.14. The van der Waals surface area contributed by atoms with Gasteiger partial charge in [0.2, 0.25) is 0 Å². The van der Waals surface area contributed by atoms with E-state index in [1.165, 1.54) is 108 Å². The number of rotatable bonds is 18. The normalized spacial score (nSPS) is 10.8. The van der Waals surface area contributed by atoms with Gasteiger partial charge in [-0.1, -0.05) is 96.8 Å². The van der Waals surface area contributed by atoms with Gasteiger partial charge in [0.05, 0.1) is 4.92 Å². The molecule has 1 aromatic rings. The highest BCUT2D eigenvalue weighted by Gasteiger charge is 2.08. The number of nitro groups is 1. The molecule has 164 valence electrons. The Labute approximate surface area is 176 Å². The summed E-state index contributed by atoms with van der Waals surface area (Å²) in [5.41, 5.74) is 0.473. The average molecular weight is 405 g/mol. The minimum Gasteiger partial charge on any atom is -0.352 e. The van der Waals surface area contributed by atoms with Crippen LogP contribution in [0, 0.1) is 10.1 Å². The van der Waals surface area contributed by atoms with Gasteiger partial charge in [0, 0.05) is 24.2 Å². The van der Waals surface area contributed by atoms with Crippen molar-refractivity contribution in [2.75, 3.05) is 6.54 Å². The molecule has 0 heterocycles. The Balaban J connectivity index is 1.87. The Hall–Kier alpha value is -1.91. The van der Waals surface area contributed by atoms with Crippen LogP contribution in [0.2, 0.25) is 0 Å². The van der Waals surface area contributed by atoms with E-state index in [1.807, 2.05) is 0 Å². The van der Waals surface area contributed by atoms with Crippen LogP contribution < -0.4 is 5.32 Å². The predicted octanol–water partition coefficient (Wildman–Crippen LogP) is 7.20. The van der Waals surface area contributed by atoms with Crippen molar-refractivity contribution in [2.45, 2.75) is 103 Å². The molecule has 1 aromatic carbocycles. The largest absolute Gasteiger partial charge is 0.352 e. The Kier molecular flexibility index (Phi) is 14.7. The maximum Gasteiger partial charge on any atom is 0.269 e. The lowest BCUT2D eigenvalue weighted by Gasteiger charge is -2.06. The van der Waals surface area contributed by atoms with Gasteiger partial charge in [0.15, 0.2) is 0 Å². The van der Waals surface area contributed by atoms with Crippen LogP contribution in [0.4, 0.5) is 5.69 Å². The van der Waals surface area contributed by atoms with E-state index < -0.39 is 4.92 Å². The summed E-state index contributed by atoms with van der Waals surface area (Å²) in [6.07, 6.45) is 19.9. The van der Waals surface area contributed by atoms with Crippen LogP contribution >= 0.6 is 0 Å². The second kappa shape index (κ2) is 17.0. The fourth-order valence-corrected chi connectivity index (χ4v) is 3.53. The molecule has 5 nitrogen and oxygen atoms in total. The number of carbonyl (C=O) groups excluding carboxylic acids is 1. The van der Waals surface area contributed by atoms with Crippen LogP contribution in [0.5, 0.6) is 0 Å². The third kappa shape index (κ3) is 13.0. The van der Waals surface area contributed by atoms with Gasteiger partial charge in [-0.25, -0.2) is 0 Å². The van der Waals surface area contributed by atoms with Gasteiger partial charge in [-0.3, -0.25) is 14.9 Å². The summed E-state index contributed by atoms with van der Waals surface area (Å²) in [6, 6.07) is 5.73. The third-order valence-corrected chi connectivity index (χ3v) is 5.41. The second-order valence-corrected chi connectivity index (χ2v) is 8.01. The average Bonchev–Trinajstić information content (AvgIpc) is 2.73. The lowest BCUT2D eigenvalue weighted by Crippen LogP contribution is -2.24. The molecular formula is C24H40N2O3. The van der Waals surface area contributed by atoms with E-state index in [9.17, 15) is 14.9 Å². The van der Waals surface area contributed by atoms with Crippen molar-refractivity contribution in [1.29, 1.82) is 0 Å². The lowest BCUT2D eigenvalue weighted by molar-refractivity contribution is -0.384. The van der Waals surface area contributed by atoms with Crippen LogP contribution in [0.15, 0.2) is 24.3 Å². The van der Waals surface area contributed by atoms with Gasteiger partial charge in [-0.15, -0.1) is 0 Å². The topological polar surface area (TPSA) is 72.2 Å². The number of non-ortho nitro benzene ring substituents is 1. The van der Waals surface area contributed by atoms with E-state index in [1.54, 1.807) is 0 Å². The molecule has 29 heavy (non-hydrogen) atoms. The molecule has 0 spiro atoms. The molecule has 0 unspecified atom stereocenters. The first kappa shape index (κ1) is 25.1. The van der Waals surface area contributed by atoms with Gasteiger partial charge in [0.25, 0.3) is 11.6 Å². The monoisotopic (exact) mass is 404 g/mol. The SMILES string of the molecule is CCCCCCCCCCCCCCCCCNC(=O)c1ccc([N+](=O)[O-])cc1. The van der Waals surface area contributed by atoms with Crippen LogP contribution in [0.3, 0.4) is 0 Å². The molecule has 0 radical (unpaired) electrons. The maximum absolute atomic E-state index is 12.0. The first-order chi connectivity index (χ1) is 14.1. The molecule has 0 bridgehead atoms. The van der Waals surface area contributed by atoms with Gasteiger partial charge >= 0.3 is 0 Å². The van der Waals surface area contributed by atoms with E-state index in [0.29, 0.717) is 12.1 Å². The zero-order valence-corrected chi connectivity index (χ0v) is 18.3. The van der Waals surface area contributed by atoms with E-state index in [0.717, 1.165) is 12.8 Å². The number of carbonyl (C=O) groups is 1. The molecule has 1 rings (SSSR count). The van der Waals surface area contributed by atoms with Gasteiger partial charge in [0.1, 0.15) is 0 Å². The summed E-state index contributed by atoms with van der Waals surface area (Å²) in [5, 5.41) is 13.5. The van der Waals surface area contributed by atoms with Gasteiger partial charge in [-0.05, 0) is 18.6 Å². The number of nitrogens with zero attached hydrogens (tertiary/aromatic N) is 1. The maximum atomic E-state index is 12.0. The number of nitro benzene ring substituents is 1. The summed E-state index contributed by atoms with van der Waals surface area (Å²) in [4.78, 5) is 22.2. The van der Waals surface area contributed by atoms with Crippen LogP contribution in [-0.4, -0.2) is 17.4 Å². The second-order valence-electron chi connectivity index (χ2n) is 8.01. The van der Waals surface area contributed by atoms with E-state index in [-0.39, 0.29) is 11.6 Å². The summed E-state index contributed by atoms with van der Waals surface area (Å²) >= 11 is 0. The van der Waals surface area contributed by atoms with Crippen molar-refractivity contribution >= 4 is 11.6 Å². The highest BCUT2D eigenvalue weighted by atomic mass is 16.6. The molecule has 0 saturated heterocycles. The standard InChI is InChI=1S/C24H40N2O3/c1-2-3-4-5-6-7-8-9-10-11-12-13-14-15-16-21-25-24(27)22-17-19-23(20-18-22)26(28)29/h17-20H,2-16,21H2,1H3,(H,25,27). The number of amides is 1. The smallest absolute Gasteiger partial charge is 0.269 e. The van der Waals surface area contributed by atoms with E-state index in [2.05, 4.69) is 12.2 Å². The zero-order chi connectivity index (χ0) is 21.2. The Bertz CT molecular complexity index is 558. The highest BCUT2D eigenvalue weighted by molar-refractivity contribution is 5.94. The minimum atomic E-state index is -0.461. The molecule has 1 N–H and O–H groups in total. The summed E-state index contributed by atoms with van der Waals surface area (Å²) < 4.78 is 0. The Morgan fingerprint density at radius 1 is 0.759 bits per heavy atom. The number of benzene rings is 1. The van der Waals surface area contributed by atoms with Crippen LogP contribution in [0.1, 0.15) is 114 Å². The molecule has 5 heteroatoms. The van der Waals surface area contributed by atoms with Gasteiger partial charge in [-0.2, -0.15) is 0 Å². The zero-order valence-electron chi connectivity index (χ0n) is 18.3. The fourth-order valence-electron chi connectivity index (χ4n) is 3.53. The molecular weight excluding hydrogens is 364 g/mol. The van der Waals surface area contributed by atoms with E-state index in [4.69, 9.17) is 0 Å². The molecule has 0 aromatic heterocycles. The Morgan fingerprint density at radius 3 is 1.59 bits per heavy atom. The molecule has 1 amide bonds. The lowest BCUT2D eigenvalue weighted by atomic mass is 10.0. The molecule has 0 saturated carbocycles. The van der Waals surface area contributed by atoms with Gasteiger partial charge < -0.3 is 5.32 Å². The van der Waals surface area contributed by atoms with E-state index >= 15 is 0 Å². The summed E-state index contributed by atoms with van der Waals surface area (Å²) in [7, 11) is 0. The quantitative estimate of drug-likeness (QED) is 0.160. The van der Waals surface area contributed by atoms with Crippen molar-refractivity contribution < 1.29 is 9.72 Å².